The number of nitrogens with zero attached hydrogens (tertiary/aromatic N) is 5. The van der Waals surface area contributed by atoms with Crippen LogP contribution in [0.1, 0.15) is 18.5 Å². The van der Waals surface area contributed by atoms with Gasteiger partial charge in [-0.15, -0.1) is 0 Å². The Labute approximate surface area is 121 Å². The summed E-state index contributed by atoms with van der Waals surface area (Å²) in [6.07, 6.45) is 7.30. The number of nitro groups is 1. The SMILES string of the molecule is N#Cc1nc(NCCCCn2ccnc2)ccc1[N+](=O)[O-]. The van der Waals surface area contributed by atoms with Crippen LogP contribution in [0.5, 0.6) is 0 Å². The maximum absolute atomic E-state index is 10.7. The molecule has 0 bridgehead atoms. The van der Waals surface area contributed by atoms with Gasteiger partial charge in [-0.25, -0.2) is 9.97 Å². The molecule has 0 aliphatic rings. The molecule has 0 amide bonds. The van der Waals surface area contributed by atoms with E-state index in [-0.39, 0.29) is 11.4 Å². The van der Waals surface area contributed by atoms with Crippen LogP contribution in [0.25, 0.3) is 0 Å². The van der Waals surface area contributed by atoms with Gasteiger partial charge in [0.1, 0.15) is 11.9 Å². The number of hydrogen-bond donors (Lipinski definition) is 1. The van der Waals surface area contributed by atoms with E-state index in [2.05, 4.69) is 15.3 Å². The van der Waals surface area contributed by atoms with E-state index in [1.54, 1.807) is 18.6 Å². The number of aryl methyl sites for hydroxylation is 1. The second-order valence-electron chi connectivity index (χ2n) is 4.37. The molecule has 1 N–H and O–H groups in total. The van der Waals surface area contributed by atoms with Gasteiger partial charge < -0.3 is 9.88 Å². The highest BCUT2D eigenvalue weighted by atomic mass is 16.6. The van der Waals surface area contributed by atoms with Gasteiger partial charge in [0.05, 0.1) is 11.3 Å². The molecule has 2 heterocycles. The number of anilines is 1. The van der Waals surface area contributed by atoms with Crippen molar-refractivity contribution in [2.45, 2.75) is 19.4 Å². The lowest BCUT2D eigenvalue weighted by molar-refractivity contribution is -0.385. The maximum atomic E-state index is 10.7. The summed E-state index contributed by atoms with van der Waals surface area (Å²) in [7, 11) is 0. The molecule has 2 aromatic rings. The minimum atomic E-state index is -0.611. The predicted octanol–water partition coefficient (Wildman–Crippen LogP) is 1.95. The van der Waals surface area contributed by atoms with Gasteiger partial charge in [0.25, 0.3) is 0 Å². The fourth-order valence-electron chi connectivity index (χ4n) is 1.83. The fraction of sp³-hybridized carbons (Fsp3) is 0.308. The van der Waals surface area contributed by atoms with Crippen molar-refractivity contribution in [3.05, 3.63) is 46.7 Å². The van der Waals surface area contributed by atoms with E-state index in [4.69, 9.17) is 5.26 Å². The number of nitrogens with one attached hydrogen (secondary N) is 1. The second-order valence-corrected chi connectivity index (χ2v) is 4.37. The average Bonchev–Trinajstić information content (AvgIpc) is 2.99. The normalized spacial score (nSPS) is 10.0. The number of unbranched alkanes of at least 4 members (excludes halogenated alkanes) is 1. The fourth-order valence-corrected chi connectivity index (χ4v) is 1.83. The molecule has 0 atom stereocenters. The summed E-state index contributed by atoms with van der Waals surface area (Å²) in [6.45, 7) is 1.57. The molecular formula is C13H14N6O2. The number of nitriles is 1. The monoisotopic (exact) mass is 286 g/mol. The summed E-state index contributed by atoms with van der Waals surface area (Å²) in [5.74, 6) is 0.472. The summed E-state index contributed by atoms with van der Waals surface area (Å²) < 4.78 is 2.00. The third kappa shape index (κ3) is 4.01. The molecule has 8 heteroatoms. The van der Waals surface area contributed by atoms with Crippen LogP contribution in [0.2, 0.25) is 0 Å². The van der Waals surface area contributed by atoms with E-state index in [9.17, 15) is 10.1 Å². The molecule has 0 saturated carbocycles. The molecule has 0 aliphatic carbocycles. The first-order valence-corrected chi connectivity index (χ1v) is 6.46. The van der Waals surface area contributed by atoms with E-state index in [1.807, 2.05) is 10.8 Å². The Bertz CT molecular complexity index is 647. The third-order valence-corrected chi connectivity index (χ3v) is 2.88. The van der Waals surface area contributed by atoms with Crippen LogP contribution in [0.3, 0.4) is 0 Å². The minimum Gasteiger partial charge on any atom is -0.370 e. The molecule has 0 aromatic carbocycles. The Balaban J connectivity index is 1.81. The smallest absolute Gasteiger partial charge is 0.305 e. The van der Waals surface area contributed by atoms with E-state index in [1.165, 1.54) is 12.1 Å². The zero-order chi connectivity index (χ0) is 15.1. The van der Waals surface area contributed by atoms with Gasteiger partial charge in [-0.05, 0) is 18.9 Å². The summed E-state index contributed by atoms with van der Waals surface area (Å²) in [4.78, 5) is 18.0. The first-order valence-electron chi connectivity index (χ1n) is 6.46. The van der Waals surface area contributed by atoms with Crippen LogP contribution in [-0.2, 0) is 6.54 Å². The predicted molar refractivity (Wildman–Crippen MR) is 75.6 cm³/mol. The average molecular weight is 286 g/mol. The maximum Gasteiger partial charge on any atom is 0.305 e. The zero-order valence-corrected chi connectivity index (χ0v) is 11.3. The zero-order valence-electron chi connectivity index (χ0n) is 11.3. The van der Waals surface area contributed by atoms with E-state index < -0.39 is 4.92 Å². The Morgan fingerprint density at radius 2 is 2.29 bits per heavy atom. The molecule has 0 fully saturated rings. The first kappa shape index (κ1) is 14.5. The van der Waals surface area contributed by atoms with Gasteiger partial charge in [-0.3, -0.25) is 10.1 Å². The minimum absolute atomic E-state index is 0.177. The Morgan fingerprint density at radius 1 is 1.43 bits per heavy atom. The van der Waals surface area contributed by atoms with Crippen molar-refractivity contribution in [3.8, 4) is 6.07 Å². The lowest BCUT2D eigenvalue weighted by Crippen LogP contribution is -2.06. The number of pyridine rings is 1. The van der Waals surface area contributed by atoms with E-state index in [0.717, 1.165) is 19.4 Å². The molecule has 2 aromatic heterocycles. The molecule has 0 unspecified atom stereocenters. The molecular weight excluding hydrogens is 272 g/mol. The lowest BCUT2D eigenvalue weighted by atomic mass is 10.3. The van der Waals surface area contributed by atoms with Crippen molar-refractivity contribution in [2.24, 2.45) is 0 Å². The summed E-state index contributed by atoms with van der Waals surface area (Å²) in [6, 6.07) is 4.53. The molecule has 2 rings (SSSR count). The molecule has 0 spiro atoms. The number of imidazole rings is 1. The van der Waals surface area contributed by atoms with Crippen LogP contribution in [0.4, 0.5) is 11.5 Å². The van der Waals surface area contributed by atoms with Gasteiger partial charge in [0, 0.05) is 31.5 Å². The van der Waals surface area contributed by atoms with Gasteiger partial charge in [-0.1, -0.05) is 0 Å². The van der Waals surface area contributed by atoms with Gasteiger partial charge in [0.15, 0.2) is 0 Å². The Morgan fingerprint density at radius 3 is 2.95 bits per heavy atom. The molecule has 0 saturated heterocycles. The van der Waals surface area contributed by atoms with Crippen molar-refractivity contribution in [2.75, 3.05) is 11.9 Å². The van der Waals surface area contributed by atoms with Crippen LogP contribution in [0, 0.1) is 21.4 Å². The number of hydrogen-bond acceptors (Lipinski definition) is 6. The highest BCUT2D eigenvalue weighted by Gasteiger charge is 2.15. The topological polar surface area (TPSA) is 110 Å². The highest BCUT2D eigenvalue weighted by molar-refractivity contribution is 5.50. The summed E-state index contributed by atoms with van der Waals surface area (Å²) >= 11 is 0. The summed E-state index contributed by atoms with van der Waals surface area (Å²) in [5, 5.41) is 22.6. The van der Waals surface area contributed by atoms with Crippen molar-refractivity contribution >= 4 is 11.5 Å². The Kier molecular flexibility index (Phi) is 4.82. The van der Waals surface area contributed by atoms with Crippen molar-refractivity contribution in [1.29, 1.82) is 5.26 Å². The van der Waals surface area contributed by atoms with Crippen molar-refractivity contribution < 1.29 is 4.92 Å². The molecule has 8 nitrogen and oxygen atoms in total. The van der Waals surface area contributed by atoms with Crippen LogP contribution in [0.15, 0.2) is 30.9 Å². The lowest BCUT2D eigenvalue weighted by Gasteiger charge is -2.06. The summed E-state index contributed by atoms with van der Waals surface area (Å²) in [5.41, 5.74) is -0.452. The van der Waals surface area contributed by atoms with E-state index in [0.29, 0.717) is 12.4 Å². The standard InChI is InChI=1S/C13H14N6O2/c14-9-11-12(19(20)21)3-4-13(17-11)16-5-1-2-7-18-8-6-15-10-18/h3-4,6,8,10H,1-2,5,7H2,(H,16,17). The quantitative estimate of drug-likeness (QED) is 0.473. The number of rotatable bonds is 7. The van der Waals surface area contributed by atoms with Crippen LogP contribution >= 0.6 is 0 Å². The van der Waals surface area contributed by atoms with Crippen LogP contribution in [-0.4, -0.2) is 26.0 Å². The second kappa shape index (κ2) is 7.00. The van der Waals surface area contributed by atoms with Gasteiger partial charge >= 0.3 is 5.69 Å². The molecule has 0 radical (unpaired) electrons. The van der Waals surface area contributed by atoms with E-state index >= 15 is 0 Å². The largest absolute Gasteiger partial charge is 0.370 e. The van der Waals surface area contributed by atoms with Gasteiger partial charge in [0.2, 0.25) is 5.69 Å². The van der Waals surface area contributed by atoms with Gasteiger partial charge in [-0.2, -0.15) is 5.26 Å². The molecule has 0 aliphatic heterocycles. The number of aromatic nitrogens is 3. The van der Waals surface area contributed by atoms with Crippen molar-refractivity contribution in [1.82, 2.24) is 14.5 Å². The highest BCUT2D eigenvalue weighted by Crippen LogP contribution is 2.17. The first-order chi connectivity index (χ1) is 10.2. The third-order valence-electron chi connectivity index (χ3n) is 2.88. The Hall–Kier alpha value is -2.95. The van der Waals surface area contributed by atoms with Crippen LogP contribution < -0.4 is 5.32 Å². The van der Waals surface area contributed by atoms with Crippen molar-refractivity contribution in [3.63, 3.8) is 0 Å². The molecule has 108 valence electrons. The molecule has 21 heavy (non-hydrogen) atoms.